The molecular formula is C25H26ClF3N2O4S2. The molecule has 0 spiro atoms. The normalized spacial score (nSPS) is 15.3. The van der Waals surface area contributed by atoms with Crippen LogP contribution >= 0.6 is 23.8 Å². The molecule has 1 aliphatic heterocycles. The summed E-state index contributed by atoms with van der Waals surface area (Å²) in [4.78, 5) is 17.4. The van der Waals surface area contributed by atoms with Gasteiger partial charge in [-0.1, -0.05) is 23.7 Å². The number of thiocarbonyl (C=S) groups is 1. The third-order valence-electron chi connectivity index (χ3n) is 5.78. The van der Waals surface area contributed by atoms with Crippen LogP contribution in [0.3, 0.4) is 0 Å². The molecule has 37 heavy (non-hydrogen) atoms. The fraction of sp³-hybridized carbons (Fsp3) is 0.440. The van der Waals surface area contributed by atoms with Crippen LogP contribution in [0.4, 0.5) is 23.7 Å². The molecule has 0 saturated carbocycles. The number of alkyl halides is 3. The van der Waals surface area contributed by atoms with Gasteiger partial charge in [0.25, 0.3) is 0 Å². The number of benzene rings is 2. The van der Waals surface area contributed by atoms with Gasteiger partial charge < -0.3 is 9.64 Å². The van der Waals surface area contributed by atoms with Crippen molar-refractivity contribution in [2.45, 2.75) is 50.3 Å². The molecule has 0 aromatic heterocycles. The molecule has 0 unspecified atom stereocenters. The van der Waals surface area contributed by atoms with Gasteiger partial charge in [0, 0.05) is 18.7 Å². The molecule has 1 saturated heterocycles. The summed E-state index contributed by atoms with van der Waals surface area (Å²) in [6.45, 7) is 6.10. The van der Waals surface area contributed by atoms with Crippen LogP contribution < -0.4 is 0 Å². The number of amides is 1. The smallest absolute Gasteiger partial charge is 0.417 e. The van der Waals surface area contributed by atoms with Crippen molar-refractivity contribution in [1.82, 2.24) is 4.90 Å². The number of hydrogen-bond donors (Lipinski definition) is 0. The van der Waals surface area contributed by atoms with Crippen molar-refractivity contribution < 1.29 is 31.1 Å². The van der Waals surface area contributed by atoms with E-state index in [0.29, 0.717) is 25.9 Å². The second kappa shape index (κ2) is 11.1. The number of rotatable bonds is 5. The first-order valence-corrected chi connectivity index (χ1v) is 13.8. The number of nitrogens with zero attached hydrogens (tertiary/aromatic N) is 2. The van der Waals surface area contributed by atoms with Gasteiger partial charge in [-0.2, -0.15) is 18.2 Å². The predicted octanol–water partition coefficient (Wildman–Crippen LogP) is 7.18. The first-order chi connectivity index (χ1) is 17.1. The Labute approximate surface area is 224 Å². The van der Waals surface area contributed by atoms with Crippen molar-refractivity contribution in [2.24, 2.45) is 10.9 Å². The van der Waals surface area contributed by atoms with Crippen molar-refractivity contribution >= 4 is 50.6 Å². The maximum Gasteiger partial charge on any atom is 0.417 e. The molecule has 200 valence electrons. The molecule has 1 aliphatic rings. The maximum absolute atomic E-state index is 13.7. The molecular weight excluding hydrogens is 549 g/mol. The van der Waals surface area contributed by atoms with E-state index in [1.165, 1.54) is 30.3 Å². The molecule has 1 amide bonds. The van der Waals surface area contributed by atoms with Gasteiger partial charge >= 0.3 is 12.3 Å². The van der Waals surface area contributed by atoms with Crippen molar-refractivity contribution in [3.63, 3.8) is 0 Å². The van der Waals surface area contributed by atoms with E-state index in [4.69, 9.17) is 16.3 Å². The maximum atomic E-state index is 13.7. The van der Waals surface area contributed by atoms with Crippen LogP contribution in [0, 0.1) is 5.92 Å². The van der Waals surface area contributed by atoms with E-state index in [9.17, 15) is 26.4 Å². The summed E-state index contributed by atoms with van der Waals surface area (Å²) in [7, 11) is -3.71. The molecule has 0 bridgehead atoms. The minimum absolute atomic E-state index is 0.00238. The van der Waals surface area contributed by atoms with Crippen LogP contribution in [0.5, 0.6) is 0 Å². The predicted molar refractivity (Wildman–Crippen MR) is 139 cm³/mol. The van der Waals surface area contributed by atoms with Gasteiger partial charge in [0.2, 0.25) is 0 Å². The largest absolute Gasteiger partial charge is 0.444 e. The summed E-state index contributed by atoms with van der Waals surface area (Å²) in [6, 6.07) is 7.21. The van der Waals surface area contributed by atoms with Gasteiger partial charge in [-0.05, 0) is 81.6 Å². The molecule has 3 rings (SSSR count). The van der Waals surface area contributed by atoms with Crippen molar-refractivity contribution in [1.29, 1.82) is 0 Å². The van der Waals surface area contributed by atoms with Gasteiger partial charge in [0.1, 0.15) is 5.60 Å². The topological polar surface area (TPSA) is 76.0 Å². The molecule has 0 N–H and O–H groups in total. The van der Waals surface area contributed by atoms with Crippen LogP contribution in [0.25, 0.3) is 11.1 Å². The van der Waals surface area contributed by atoms with E-state index in [2.05, 4.69) is 17.2 Å². The lowest BCUT2D eigenvalue weighted by Crippen LogP contribution is -2.42. The van der Waals surface area contributed by atoms with Crippen LogP contribution in [-0.4, -0.2) is 49.0 Å². The van der Waals surface area contributed by atoms with Crippen LogP contribution in [-0.2, 0) is 20.8 Å². The van der Waals surface area contributed by atoms with Gasteiger partial charge in [-0.15, -0.1) is 0 Å². The number of halogens is 4. The molecule has 0 atom stereocenters. The number of carbonyl (C=O) groups excluding carboxylic acids is 1. The number of likely N-dealkylation sites (tertiary alicyclic amines) is 1. The Morgan fingerprint density at radius 2 is 1.76 bits per heavy atom. The van der Waals surface area contributed by atoms with Gasteiger partial charge in [-0.25, -0.2) is 13.2 Å². The Morgan fingerprint density at radius 3 is 2.27 bits per heavy atom. The molecule has 1 heterocycles. The highest BCUT2D eigenvalue weighted by atomic mass is 35.5. The number of sulfone groups is 1. The standard InChI is InChI=1S/C25H26ClF3N2O4S2/c1-24(2,3)35-23(32)31-10-8-16(9-11-31)14-37(33,34)19-6-4-17(5-7-19)22-20(25(27,28)29)12-18(30-15-36)13-21(22)26/h4-7,12-13,16H,8-11,14H2,1-3H3. The summed E-state index contributed by atoms with van der Waals surface area (Å²) >= 11 is 10.6. The molecule has 0 radical (unpaired) electrons. The Hall–Kier alpha value is -2.46. The molecule has 2 aromatic rings. The van der Waals surface area contributed by atoms with E-state index < -0.39 is 33.3 Å². The number of isothiocyanates is 1. The lowest BCUT2D eigenvalue weighted by molar-refractivity contribution is -0.137. The summed E-state index contributed by atoms with van der Waals surface area (Å²) in [5.74, 6) is -0.295. The van der Waals surface area contributed by atoms with Crippen LogP contribution in [0.15, 0.2) is 46.3 Å². The third-order valence-corrected chi connectivity index (χ3v) is 8.07. The highest BCUT2D eigenvalue weighted by molar-refractivity contribution is 7.91. The van der Waals surface area contributed by atoms with Gasteiger partial charge in [-0.3, -0.25) is 0 Å². The molecule has 1 fully saturated rings. The second-order valence-electron chi connectivity index (χ2n) is 9.77. The zero-order chi connectivity index (χ0) is 27.6. The van der Waals surface area contributed by atoms with Crippen molar-refractivity contribution in [3.8, 4) is 11.1 Å². The molecule has 0 aliphatic carbocycles. The SMILES string of the molecule is CC(C)(C)OC(=O)N1CCC(CS(=O)(=O)c2ccc(-c3c(Cl)cc(N=C=S)cc3C(F)(F)F)cc2)CC1. The van der Waals surface area contributed by atoms with E-state index in [0.717, 1.165) is 6.07 Å². The lowest BCUT2D eigenvalue weighted by atomic mass is 9.98. The van der Waals surface area contributed by atoms with E-state index in [1.54, 1.807) is 25.7 Å². The van der Waals surface area contributed by atoms with Gasteiger partial charge in [0.05, 0.1) is 32.1 Å². The number of ether oxygens (including phenoxy) is 1. The summed E-state index contributed by atoms with van der Waals surface area (Å²) in [6.07, 6.45) is -4.16. The van der Waals surface area contributed by atoms with E-state index in [1.807, 2.05) is 5.16 Å². The number of piperidine rings is 1. The average molecular weight is 575 g/mol. The molecule has 6 nitrogen and oxygen atoms in total. The number of aliphatic imine (C=N–C) groups is 1. The summed E-state index contributed by atoms with van der Waals surface area (Å²) in [5.41, 5.74) is -1.89. The highest BCUT2D eigenvalue weighted by Gasteiger charge is 2.36. The minimum Gasteiger partial charge on any atom is -0.444 e. The summed E-state index contributed by atoms with van der Waals surface area (Å²) in [5, 5.41) is 1.81. The fourth-order valence-corrected chi connectivity index (χ4v) is 6.20. The first-order valence-electron chi connectivity index (χ1n) is 11.4. The molecule has 12 heteroatoms. The monoisotopic (exact) mass is 574 g/mol. The zero-order valence-corrected chi connectivity index (χ0v) is 22.8. The quantitative estimate of drug-likeness (QED) is 0.279. The average Bonchev–Trinajstić information content (AvgIpc) is 2.77. The zero-order valence-electron chi connectivity index (χ0n) is 20.4. The van der Waals surface area contributed by atoms with E-state index in [-0.39, 0.29) is 38.4 Å². The van der Waals surface area contributed by atoms with E-state index >= 15 is 0 Å². The van der Waals surface area contributed by atoms with Crippen LogP contribution in [0.2, 0.25) is 5.02 Å². The van der Waals surface area contributed by atoms with Gasteiger partial charge in [0.15, 0.2) is 9.84 Å². The van der Waals surface area contributed by atoms with Crippen molar-refractivity contribution in [2.75, 3.05) is 18.8 Å². The Morgan fingerprint density at radius 1 is 1.16 bits per heavy atom. The Bertz CT molecular complexity index is 1310. The molecule has 2 aromatic carbocycles. The summed E-state index contributed by atoms with van der Waals surface area (Å²) < 4.78 is 72.6. The number of carbonyl (C=O) groups is 1. The Kier molecular flexibility index (Phi) is 8.74. The highest BCUT2D eigenvalue weighted by Crippen LogP contribution is 2.43. The van der Waals surface area contributed by atoms with Crippen LogP contribution in [0.1, 0.15) is 39.2 Å². The minimum atomic E-state index is -4.73. The first kappa shape index (κ1) is 29.1. The second-order valence-corrected chi connectivity index (χ2v) is 12.4. The third kappa shape index (κ3) is 7.54. The Balaban J connectivity index is 1.76. The van der Waals surface area contributed by atoms with Crippen molar-refractivity contribution in [3.05, 3.63) is 47.0 Å². The fourth-order valence-electron chi connectivity index (χ4n) is 4.07. The number of hydrogen-bond acceptors (Lipinski definition) is 6. The lowest BCUT2D eigenvalue weighted by Gasteiger charge is -2.33.